The number of hydrogen-bond donors (Lipinski definition) is 1. The summed E-state index contributed by atoms with van der Waals surface area (Å²) in [5.41, 5.74) is 10.8. The largest absolute Gasteiger partial charge is 0.493 e. The van der Waals surface area contributed by atoms with Crippen molar-refractivity contribution in [3.63, 3.8) is 0 Å². The van der Waals surface area contributed by atoms with Crippen LogP contribution >= 0.6 is 0 Å². The van der Waals surface area contributed by atoms with Gasteiger partial charge in [0.25, 0.3) is 0 Å². The van der Waals surface area contributed by atoms with Crippen molar-refractivity contribution >= 4 is 5.65 Å². The fourth-order valence-electron chi connectivity index (χ4n) is 2.61. The number of pyridine rings is 1. The quantitative estimate of drug-likeness (QED) is 0.804. The Morgan fingerprint density at radius 2 is 1.86 bits per heavy atom. The van der Waals surface area contributed by atoms with E-state index in [1.54, 1.807) is 14.2 Å². The number of nitrogens with two attached hydrogens (primary N) is 1. The number of benzene rings is 1. The summed E-state index contributed by atoms with van der Waals surface area (Å²) in [6.07, 6.45) is 2.00. The topological polar surface area (TPSA) is 61.8 Å². The molecule has 5 nitrogen and oxygen atoms in total. The number of aryl methyl sites for hydroxylation is 1. The number of imidazole rings is 1. The lowest BCUT2D eigenvalue weighted by Gasteiger charge is -2.09. The molecule has 0 bridgehead atoms. The fourth-order valence-corrected chi connectivity index (χ4v) is 2.61. The summed E-state index contributed by atoms with van der Waals surface area (Å²) >= 11 is 0. The van der Waals surface area contributed by atoms with Crippen molar-refractivity contribution in [2.24, 2.45) is 5.73 Å². The Kier molecular flexibility index (Phi) is 3.73. The van der Waals surface area contributed by atoms with Crippen molar-refractivity contribution in [2.45, 2.75) is 13.5 Å². The van der Waals surface area contributed by atoms with Crippen LogP contribution in [0.5, 0.6) is 11.5 Å². The number of nitrogens with zero attached hydrogens (tertiary/aromatic N) is 2. The Morgan fingerprint density at radius 1 is 1.09 bits per heavy atom. The van der Waals surface area contributed by atoms with Gasteiger partial charge in [0.15, 0.2) is 11.5 Å². The zero-order chi connectivity index (χ0) is 15.7. The molecule has 22 heavy (non-hydrogen) atoms. The van der Waals surface area contributed by atoms with Crippen LogP contribution in [0.25, 0.3) is 16.9 Å². The van der Waals surface area contributed by atoms with Crippen molar-refractivity contribution in [2.75, 3.05) is 14.2 Å². The van der Waals surface area contributed by atoms with E-state index >= 15 is 0 Å². The van der Waals surface area contributed by atoms with E-state index in [0.717, 1.165) is 22.6 Å². The zero-order valence-corrected chi connectivity index (χ0v) is 13.0. The molecule has 0 spiro atoms. The van der Waals surface area contributed by atoms with Gasteiger partial charge in [0, 0.05) is 18.3 Å². The first-order valence-corrected chi connectivity index (χ1v) is 7.08. The second-order valence-electron chi connectivity index (χ2n) is 5.11. The first-order chi connectivity index (χ1) is 10.7. The van der Waals surface area contributed by atoms with Crippen LogP contribution in [0.3, 0.4) is 0 Å². The van der Waals surface area contributed by atoms with Gasteiger partial charge in [-0.1, -0.05) is 0 Å². The van der Waals surface area contributed by atoms with Gasteiger partial charge in [-0.05, 0) is 42.8 Å². The summed E-state index contributed by atoms with van der Waals surface area (Å²) in [5.74, 6) is 1.37. The first kappa shape index (κ1) is 14.4. The summed E-state index contributed by atoms with van der Waals surface area (Å²) in [6.45, 7) is 2.46. The van der Waals surface area contributed by atoms with Crippen LogP contribution < -0.4 is 15.2 Å². The Balaban J connectivity index is 2.21. The van der Waals surface area contributed by atoms with Crippen LogP contribution in [0.4, 0.5) is 0 Å². The van der Waals surface area contributed by atoms with E-state index in [1.165, 1.54) is 5.56 Å². The molecular weight excluding hydrogens is 278 g/mol. The Bertz CT molecular complexity index is 824. The van der Waals surface area contributed by atoms with E-state index in [0.29, 0.717) is 18.0 Å². The van der Waals surface area contributed by atoms with Crippen molar-refractivity contribution in [3.05, 3.63) is 47.8 Å². The number of aromatic nitrogens is 2. The van der Waals surface area contributed by atoms with Gasteiger partial charge >= 0.3 is 0 Å². The average Bonchev–Trinajstić information content (AvgIpc) is 2.91. The summed E-state index contributed by atoms with van der Waals surface area (Å²) < 4.78 is 12.7. The summed E-state index contributed by atoms with van der Waals surface area (Å²) in [6, 6.07) is 9.86. The highest BCUT2D eigenvalue weighted by Gasteiger charge is 2.15. The van der Waals surface area contributed by atoms with Gasteiger partial charge in [-0.3, -0.25) is 0 Å². The molecule has 3 rings (SSSR count). The molecule has 0 saturated carbocycles. The van der Waals surface area contributed by atoms with Crippen molar-refractivity contribution in [1.82, 2.24) is 9.38 Å². The Hall–Kier alpha value is -2.53. The minimum atomic E-state index is 0.411. The molecule has 0 saturated heterocycles. The lowest BCUT2D eigenvalue weighted by molar-refractivity contribution is 0.355. The third-order valence-corrected chi connectivity index (χ3v) is 3.73. The van der Waals surface area contributed by atoms with E-state index in [9.17, 15) is 0 Å². The molecule has 2 aromatic heterocycles. The van der Waals surface area contributed by atoms with Crippen LogP contribution in [0, 0.1) is 6.92 Å². The zero-order valence-electron chi connectivity index (χ0n) is 13.0. The number of hydrogen-bond acceptors (Lipinski definition) is 4. The van der Waals surface area contributed by atoms with Gasteiger partial charge in [0.2, 0.25) is 0 Å². The van der Waals surface area contributed by atoms with Crippen molar-refractivity contribution in [1.29, 1.82) is 0 Å². The summed E-state index contributed by atoms with van der Waals surface area (Å²) in [7, 11) is 3.25. The molecule has 0 amide bonds. The summed E-state index contributed by atoms with van der Waals surface area (Å²) in [5, 5.41) is 0. The molecule has 0 atom stereocenters. The van der Waals surface area contributed by atoms with Gasteiger partial charge in [-0.2, -0.15) is 0 Å². The van der Waals surface area contributed by atoms with Crippen LogP contribution in [-0.2, 0) is 6.54 Å². The number of ether oxygens (including phenoxy) is 2. The van der Waals surface area contributed by atoms with Gasteiger partial charge in [-0.15, -0.1) is 0 Å². The van der Waals surface area contributed by atoms with E-state index in [2.05, 4.69) is 0 Å². The fraction of sp³-hybridized carbons (Fsp3) is 0.235. The maximum atomic E-state index is 5.95. The first-order valence-electron chi connectivity index (χ1n) is 7.08. The molecule has 3 aromatic rings. The molecule has 114 valence electrons. The predicted molar refractivity (Wildman–Crippen MR) is 86.4 cm³/mol. The van der Waals surface area contributed by atoms with Crippen LogP contribution in [0.2, 0.25) is 0 Å². The van der Waals surface area contributed by atoms with Gasteiger partial charge in [-0.25, -0.2) is 4.98 Å². The highest BCUT2D eigenvalue weighted by atomic mass is 16.5. The molecule has 0 aliphatic heterocycles. The second-order valence-corrected chi connectivity index (χ2v) is 5.11. The standard InChI is InChI=1S/C17H19N3O2/c1-11-6-7-20-13(10-18)17(19-16(20)8-11)12-4-5-14(21-2)15(9-12)22-3/h4-9H,10,18H2,1-3H3. The monoisotopic (exact) mass is 297 g/mol. The molecular formula is C17H19N3O2. The van der Waals surface area contributed by atoms with Gasteiger partial charge < -0.3 is 19.6 Å². The molecule has 1 aromatic carbocycles. The smallest absolute Gasteiger partial charge is 0.161 e. The molecule has 5 heteroatoms. The predicted octanol–water partition coefficient (Wildman–Crippen LogP) is 2.79. The number of methoxy groups -OCH3 is 2. The Labute approximate surface area is 129 Å². The lowest BCUT2D eigenvalue weighted by atomic mass is 10.1. The third-order valence-electron chi connectivity index (χ3n) is 3.73. The minimum Gasteiger partial charge on any atom is -0.493 e. The van der Waals surface area contributed by atoms with E-state index in [4.69, 9.17) is 20.2 Å². The lowest BCUT2D eigenvalue weighted by Crippen LogP contribution is -2.02. The minimum absolute atomic E-state index is 0.411. The number of rotatable bonds is 4. The maximum Gasteiger partial charge on any atom is 0.161 e. The Morgan fingerprint density at radius 3 is 2.55 bits per heavy atom. The molecule has 2 N–H and O–H groups in total. The van der Waals surface area contributed by atoms with E-state index in [1.807, 2.05) is 47.9 Å². The third kappa shape index (κ3) is 2.29. The molecule has 0 fully saturated rings. The SMILES string of the molecule is COc1ccc(-c2nc3cc(C)ccn3c2CN)cc1OC. The highest BCUT2D eigenvalue weighted by Crippen LogP contribution is 2.33. The van der Waals surface area contributed by atoms with E-state index < -0.39 is 0 Å². The van der Waals surface area contributed by atoms with Gasteiger partial charge in [0.1, 0.15) is 5.65 Å². The average molecular weight is 297 g/mol. The van der Waals surface area contributed by atoms with Crippen LogP contribution in [0.1, 0.15) is 11.3 Å². The van der Waals surface area contributed by atoms with E-state index in [-0.39, 0.29) is 0 Å². The normalized spacial score (nSPS) is 10.9. The number of fused-ring (bicyclic) bond motifs is 1. The molecule has 0 aliphatic carbocycles. The maximum absolute atomic E-state index is 5.95. The molecule has 0 aliphatic rings. The second kappa shape index (κ2) is 5.69. The molecule has 0 unspecified atom stereocenters. The summed E-state index contributed by atoms with van der Waals surface area (Å²) in [4.78, 5) is 4.73. The highest BCUT2D eigenvalue weighted by molar-refractivity contribution is 5.69. The van der Waals surface area contributed by atoms with Gasteiger partial charge in [0.05, 0.1) is 25.6 Å². The van der Waals surface area contributed by atoms with Crippen molar-refractivity contribution in [3.8, 4) is 22.8 Å². The van der Waals surface area contributed by atoms with Crippen LogP contribution in [0.15, 0.2) is 36.5 Å². The van der Waals surface area contributed by atoms with Crippen molar-refractivity contribution < 1.29 is 9.47 Å². The molecule has 0 radical (unpaired) electrons. The van der Waals surface area contributed by atoms with Crippen LogP contribution in [-0.4, -0.2) is 23.6 Å². The molecule has 2 heterocycles.